The van der Waals surface area contributed by atoms with Crippen molar-refractivity contribution < 1.29 is 37.0 Å². The molecule has 2 atom stereocenters. The van der Waals surface area contributed by atoms with E-state index in [0.29, 0.717) is 41.9 Å². The lowest BCUT2D eigenvalue weighted by Gasteiger charge is -2.35. The van der Waals surface area contributed by atoms with Crippen molar-refractivity contribution in [3.63, 3.8) is 0 Å². The third-order valence-electron chi connectivity index (χ3n) is 7.57. The number of anilines is 1. The van der Waals surface area contributed by atoms with E-state index in [0.717, 1.165) is 22.3 Å². The Kier molecular flexibility index (Phi) is 13.3. The SMILES string of the molecule is CCOC(=O)C[C@@H](c1ccc(OC)c(F)c1)N1CCn2cc(C=O)cc2C1=O.Cc1ccc(NS(=O)[O-])cc1.Cc1ccc2cccnc2n1. The molecule has 6 rings (SSSR count). The Morgan fingerprint density at radius 1 is 1.10 bits per heavy atom. The molecule has 4 heterocycles. The van der Waals surface area contributed by atoms with E-state index in [2.05, 4.69) is 14.7 Å². The predicted octanol–water partition coefficient (Wildman–Crippen LogP) is 5.74. The van der Waals surface area contributed by atoms with Crippen molar-refractivity contribution in [2.24, 2.45) is 0 Å². The van der Waals surface area contributed by atoms with Crippen molar-refractivity contribution in [1.29, 1.82) is 0 Å². The highest BCUT2D eigenvalue weighted by Crippen LogP contribution is 2.32. The van der Waals surface area contributed by atoms with Crippen LogP contribution in [0.3, 0.4) is 0 Å². The van der Waals surface area contributed by atoms with Crippen LogP contribution in [0, 0.1) is 19.7 Å². The van der Waals surface area contributed by atoms with E-state index < -0.39 is 29.1 Å². The summed E-state index contributed by atoms with van der Waals surface area (Å²) >= 11 is -2.22. The van der Waals surface area contributed by atoms with Gasteiger partial charge in [0.25, 0.3) is 5.91 Å². The van der Waals surface area contributed by atoms with Gasteiger partial charge in [-0.3, -0.25) is 18.6 Å². The number of carbonyl (C=O) groups is 3. The smallest absolute Gasteiger partial charge is 0.308 e. The minimum absolute atomic E-state index is 0.0770. The first-order chi connectivity index (χ1) is 24.0. The average Bonchev–Trinajstić information content (AvgIpc) is 3.54. The van der Waals surface area contributed by atoms with Crippen LogP contribution in [0.15, 0.2) is 85.2 Å². The number of aryl methyl sites for hydroxylation is 2. The summed E-state index contributed by atoms with van der Waals surface area (Å²) in [6.45, 7) is 6.59. The van der Waals surface area contributed by atoms with Crippen molar-refractivity contribution in [1.82, 2.24) is 19.4 Å². The number of esters is 1. The summed E-state index contributed by atoms with van der Waals surface area (Å²) < 4.78 is 48.5. The first kappa shape index (κ1) is 37.4. The number of carbonyl (C=O) groups excluding carboxylic acids is 3. The molecule has 0 spiro atoms. The highest BCUT2D eigenvalue weighted by Gasteiger charge is 2.33. The number of aldehydes is 1. The van der Waals surface area contributed by atoms with Crippen LogP contribution in [0.5, 0.6) is 5.75 Å². The van der Waals surface area contributed by atoms with E-state index in [1.54, 1.807) is 42.1 Å². The molecular formula is C36H37FN5O7S-. The average molecular weight is 703 g/mol. The minimum atomic E-state index is -2.22. The number of methoxy groups -OCH3 is 1. The van der Waals surface area contributed by atoms with Crippen molar-refractivity contribution in [2.75, 3.05) is 25.0 Å². The fourth-order valence-electron chi connectivity index (χ4n) is 5.16. The Labute approximate surface area is 291 Å². The van der Waals surface area contributed by atoms with Gasteiger partial charge in [0.1, 0.15) is 5.69 Å². The molecule has 0 aliphatic carbocycles. The second kappa shape index (κ2) is 17.8. The first-order valence-corrected chi connectivity index (χ1v) is 16.7. The van der Waals surface area contributed by atoms with Crippen LogP contribution < -0.4 is 9.46 Å². The molecule has 0 saturated heterocycles. The molecule has 0 fully saturated rings. The van der Waals surface area contributed by atoms with Crippen LogP contribution >= 0.6 is 0 Å². The monoisotopic (exact) mass is 702 g/mol. The molecule has 14 heteroatoms. The van der Waals surface area contributed by atoms with Gasteiger partial charge in [0.15, 0.2) is 23.5 Å². The third-order valence-corrected chi connectivity index (χ3v) is 7.98. The Balaban J connectivity index is 0.000000207. The molecule has 262 valence electrons. The van der Waals surface area contributed by atoms with E-state index in [-0.39, 0.29) is 24.7 Å². The van der Waals surface area contributed by atoms with Crippen molar-refractivity contribution >= 4 is 46.1 Å². The normalized spacial score (nSPS) is 13.1. The summed E-state index contributed by atoms with van der Waals surface area (Å²) in [5.74, 6) is -1.31. The topological polar surface area (TPSA) is 156 Å². The zero-order valence-corrected chi connectivity index (χ0v) is 28.8. The molecule has 3 aromatic heterocycles. The number of ether oxygens (including phenoxy) is 2. The maximum atomic E-state index is 14.3. The number of benzene rings is 2. The summed E-state index contributed by atoms with van der Waals surface area (Å²) in [6.07, 6.45) is 3.95. The number of fused-ring (bicyclic) bond motifs is 2. The first-order valence-electron chi connectivity index (χ1n) is 15.6. The van der Waals surface area contributed by atoms with Gasteiger partial charge in [-0.2, -0.15) is 0 Å². The van der Waals surface area contributed by atoms with E-state index in [1.807, 2.05) is 50.2 Å². The molecule has 0 bridgehead atoms. The maximum absolute atomic E-state index is 14.3. The van der Waals surface area contributed by atoms with Crippen LogP contribution in [0.2, 0.25) is 0 Å². The van der Waals surface area contributed by atoms with Crippen molar-refractivity contribution in [3.05, 3.63) is 119 Å². The maximum Gasteiger partial charge on any atom is 0.308 e. The number of halogens is 1. The molecule has 1 aliphatic heterocycles. The fourth-order valence-corrected chi connectivity index (χ4v) is 5.49. The van der Waals surface area contributed by atoms with Crippen LogP contribution in [-0.4, -0.2) is 66.6 Å². The summed E-state index contributed by atoms with van der Waals surface area (Å²) in [5, 5.41) is 1.10. The van der Waals surface area contributed by atoms with E-state index in [1.165, 1.54) is 30.2 Å². The van der Waals surface area contributed by atoms with Gasteiger partial charge in [-0.25, -0.2) is 14.4 Å². The highest BCUT2D eigenvalue weighted by atomic mass is 32.2. The number of aromatic nitrogens is 3. The second-order valence-corrected chi connectivity index (χ2v) is 11.8. The summed E-state index contributed by atoms with van der Waals surface area (Å²) in [5.41, 5.74) is 4.76. The predicted molar refractivity (Wildman–Crippen MR) is 186 cm³/mol. The van der Waals surface area contributed by atoms with Crippen LogP contribution in [0.4, 0.5) is 10.1 Å². The van der Waals surface area contributed by atoms with Crippen molar-refractivity contribution in [3.8, 4) is 5.75 Å². The van der Waals surface area contributed by atoms with E-state index >= 15 is 0 Å². The number of nitrogens with one attached hydrogen (secondary N) is 1. The molecule has 2 aromatic carbocycles. The standard InChI is InChI=1S/C20H21FN2O5.C9H8N2.C7H9NO2S/c1-3-28-19(25)10-16(14-4-5-18(27-2)15(21)9-14)23-7-6-22-11-13(12-24)8-17(22)20(23)26;1-7-4-5-8-3-2-6-10-9(8)11-7;1-6-2-4-7(5-3-6)8-11(9)10/h4-5,8-9,11-12,16H,3,6-7,10H2,1-2H3;2-6H,1H3;2-5,8H,1H3,(H,9,10)/p-1/t16-;;/m0../s1. The molecule has 1 aliphatic rings. The van der Waals surface area contributed by atoms with E-state index in [4.69, 9.17) is 9.47 Å². The van der Waals surface area contributed by atoms with Gasteiger partial charge in [-0.15, -0.1) is 0 Å². The zero-order valence-electron chi connectivity index (χ0n) is 28.0. The Morgan fingerprint density at radius 3 is 2.52 bits per heavy atom. The largest absolute Gasteiger partial charge is 0.755 e. The molecular weight excluding hydrogens is 665 g/mol. The second-order valence-electron chi connectivity index (χ2n) is 11.1. The lowest BCUT2D eigenvalue weighted by atomic mass is 10.00. The molecule has 0 radical (unpaired) electrons. The molecule has 50 heavy (non-hydrogen) atoms. The van der Waals surface area contributed by atoms with Crippen LogP contribution in [0.1, 0.15) is 57.1 Å². The zero-order chi connectivity index (χ0) is 36.2. The Morgan fingerprint density at radius 2 is 1.86 bits per heavy atom. The van der Waals surface area contributed by atoms with E-state index in [9.17, 15) is 27.5 Å². The quantitative estimate of drug-likeness (QED) is 0.115. The number of pyridine rings is 2. The van der Waals surface area contributed by atoms with Crippen molar-refractivity contribution in [2.45, 2.75) is 39.8 Å². The number of amides is 1. The molecule has 1 unspecified atom stereocenters. The summed E-state index contributed by atoms with van der Waals surface area (Å²) in [6, 6.07) is 20.2. The number of hydrogen-bond donors (Lipinski definition) is 1. The highest BCUT2D eigenvalue weighted by molar-refractivity contribution is 7.80. The molecule has 1 amide bonds. The lowest BCUT2D eigenvalue weighted by molar-refractivity contribution is -0.144. The van der Waals surface area contributed by atoms with Crippen LogP contribution in [0.25, 0.3) is 11.0 Å². The molecule has 5 aromatic rings. The fraction of sp³-hybridized carbons (Fsp3) is 0.250. The Hall–Kier alpha value is -5.47. The van der Waals surface area contributed by atoms with Gasteiger partial charge in [0.2, 0.25) is 0 Å². The summed E-state index contributed by atoms with van der Waals surface area (Å²) in [4.78, 5) is 46.1. The van der Waals surface area contributed by atoms with Gasteiger partial charge < -0.3 is 28.2 Å². The van der Waals surface area contributed by atoms with Gasteiger partial charge in [-0.1, -0.05) is 23.8 Å². The minimum Gasteiger partial charge on any atom is -0.755 e. The molecule has 0 saturated carbocycles. The molecule has 12 nitrogen and oxygen atoms in total. The van der Waals surface area contributed by atoms with Gasteiger partial charge in [-0.05, 0) is 80.9 Å². The number of rotatable bonds is 9. The van der Waals surface area contributed by atoms with Gasteiger partial charge >= 0.3 is 5.97 Å². The summed E-state index contributed by atoms with van der Waals surface area (Å²) in [7, 11) is 1.36. The van der Waals surface area contributed by atoms with Crippen LogP contribution in [-0.2, 0) is 27.3 Å². The lowest BCUT2D eigenvalue weighted by Crippen LogP contribution is -2.43. The number of hydrogen-bond acceptors (Lipinski definition) is 9. The third kappa shape index (κ3) is 10.0. The van der Waals surface area contributed by atoms with Gasteiger partial charge in [0, 0.05) is 59.1 Å². The number of nitrogens with zero attached hydrogens (tertiary/aromatic N) is 4. The Bertz CT molecular complexity index is 1970. The van der Waals surface area contributed by atoms with Gasteiger partial charge in [0.05, 0.1) is 26.2 Å². The molecule has 1 N–H and O–H groups in total.